The zero-order chi connectivity index (χ0) is 15.7. The molecule has 0 unspecified atom stereocenters. The lowest BCUT2D eigenvalue weighted by Gasteiger charge is -2.07. The molecule has 1 aromatic carbocycles. The van der Waals surface area contributed by atoms with Gasteiger partial charge in [-0.1, -0.05) is 28.7 Å². The Morgan fingerprint density at radius 3 is 2.77 bits per heavy atom. The third-order valence-electron chi connectivity index (χ3n) is 3.43. The largest absolute Gasteiger partial charge is 0.497 e. The van der Waals surface area contributed by atoms with Gasteiger partial charge >= 0.3 is 0 Å². The number of ether oxygens (including phenoxy) is 1. The van der Waals surface area contributed by atoms with E-state index in [9.17, 15) is 5.11 Å². The van der Waals surface area contributed by atoms with Gasteiger partial charge in [0, 0.05) is 10.4 Å². The van der Waals surface area contributed by atoms with Crippen molar-refractivity contribution >= 4 is 11.3 Å². The summed E-state index contributed by atoms with van der Waals surface area (Å²) < 4.78 is 6.94. The topological polar surface area (TPSA) is 73.1 Å². The third kappa shape index (κ3) is 2.49. The Morgan fingerprint density at radius 2 is 2.14 bits per heavy atom. The quantitative estimate of drug-likeness (QED) is 0.800. The average molecular weight is 316 g/mol. The molecule has 0 spiro atoms. The summed E-state index contributed by atoms with van der Waals surface area (Å²) in [6.07, 6.45) is 0. The molecule has 0 saturated carbocycles. The number of aliphatic hydroxyl groups is 1. The minimum Gasteiger partial charge on any atom is -0.497 e. The summed E-state index contributed by atoms with van der Waals surface area (Å²) in [7, 11) is 1.62. The summed E-state index contributed by atoms with van der Waals surface area (Å²) in [5.41, 5.74) is 3.09. The monoisotopic (exact) mass is 316 g/mol. The number of rotatable bonds is 4. The number of aromatic nitrogens is 4. The van der Waals surface area contributed by atoms with E-state index in [0.717, 1.165) is 32.7 Å². The maximum atomic E-state index is 9.56. The molecule has 0 fully saturated rings. The molecule has 0 atom stereocenters. The van der Waals surface area contributed by atoms with Gasteiger partial charge in [-0.3, -0.25) is 0 Å². The maximum absolute atomic E-state index is 9.56. The Labute approximate surface area is 132 Å². The van der Waals surface area contributed by atoms with Crippen molar-refractivity contribution in [1.29, 1.82) is 0 Å². The molecule has 0 aliphatic rings. The molecular weight excluding hydrogens is 300 g/mol. The van der Waals surface area contributed by atoms with Crippen LogP contribution in [0.25, 0.3) is 16.4 Å². The van der Waals surface area contributed by atoms with E-state index in [1.807, 2.05) is 38.1 Å². The van der Waals surface area contributed by atoms with Crippen molar-refractivity contribution in [3.8, 4) is 22.1 Å². The van der Waals surface area contributed by atoms with Crippen LogP contribution >= 0.6 is 11.3 Å². The van der Waals surface area contributed by atoms with Crippen LogP contribution in [0, 0.1) is 13.8 Å². The Hall–Kier alpha value is -2.25. The van der Waals surface area contributed by atoms with Crippen LogP contribution in [0.4, 0.5) is 0 Å². The van der Waals surface area contributed by atoms with Gasteiger partial charge in [-0.2, -0.15) is 4.68 Å². The molecule has 0 aliphatic heterocycles. The second-order valence-electron chi connectivity index (χ2n) is 4.82. The second kappa shape index (κ2) is 5.86. The number of methoxy groups -OCH3 is 1. The summed E-state index contributed by atoms with van der Waals surface area (Å²) in [4.78, 5) is 5.66. The van der Waals surface area contributed by atoms with Crippen LogP contribution < -0.4 is 4.74 Å². The maximum Gasteiger partial charge on any atom is 0.212 e. The lowest BCUT2D eigenvalue weighted by molar-refractivity contribution is 0.277. The summed E-state index contributed by atoms with van der Waals surface area (Å²) >= 11 is 1.55. The van der Waals surface area contributed by atoms with Crippen molar-refractivity contribution in [2.45, 2.75) is 20.5 Å². The van der Waals surface area contributed by atoms with Gasteiger partial charge in [-0.05, 0) is 26.0 Å². The molecule has 0 bridgehead atoms. The highest BCUT2D eigenvalue weighted by Crippen LogP contribution is 2.30. The van der Waals surface area contributed by atoms with E-state index in [1.54, 1.807) is 23.1 Å². The number of aryl methyl sites for hydroxylation is 2. The summed E-state index contributed by atoms with van der Waals surface area (Å²) in [5, 5.41) is 18.5. The van der Waals surface area contributed by atoms with Gasteiger partial charge in [0.15, 0.2) is 0 Å². The molecule has 22 heavy (non-hydrogen) atoms. The molecule has 0 saturated heterocycles. The minimum atomic E-state index is -0.185. The number of benzene rings is 1. The molecule has 6 nitrogen and oxygen atoms in total. The predicted octanol–water partition coefficient (Wildman–Crippen LogP) is 2.51. The van der Waals surface area contributed by atoms with Crippen LogP contribution in [0.1, 0.15) is 16.3 Å². The van der Waals surface area contributed by atoms with Crippen LogP contribution in [0.3, 0.4) is 0 Å². The van der Waals surface area contributed by atoms with E-state index in [0.29, 0.717) is 5.69 Å². The van der Waals surface area contributed by atoms with Crippen LogP contribution in [0.5, 0.6) is 5.75 Å². The number of aliphatic hydroxyl groups excluding tert-OH is 1. The first-order valence-corrected chi connectivity index (χ1v) is 7.60. The second-order valence-corrected chi connectivity index (χ2v) is 6.01. The van der Waals surface area contributed by atoms with Crippen molar-refractivity contribution in [3.05, 3.63) is 40.5 Å². The predicted molar refractivity (Wildman–Crippen MR) is 84.4 cm³/mol. The first-order valence-electron chi connectivity index (χ1n) is 6.78. The number of nitrogens with zero attached hydrogens (tertiary/aromatic N) is 4. The van der Waals surface area contributed by atoms with E-state index >= 15 is 0 Å². The Morgan fingerprint density at radius 1 is 1.32 bits per heavy atom. The van der Waals surface area contributed by atoms with Gasteiger partial charge in [0.05, 0.1) is 19.4 Å². The summed E-state index contributed by atoms with van der Waals surface area (Å²) in [6, 6.07) is 7.59. The molecule has 0 amide bonds. The SMILES string of the molecule is COc1cccc(-c2c(CO)nnn2-c2nc(C)c(C)s2)c1. The van der Waals surface area contributed by atoms with Gasteiger partial charge in [-0.25, -0.2) is 4.98 Å². The lowest BCUT2D eigenvalue weighted by Crippen LogP contribution is -2.00. The zero-order valence-electron chi connectivity index (χ0n) is 12.6. The van der Waals surface area contributed by atoms with E-state index in [2.05, 4.69) is 15.3 Å². The van der Waals surface area contributed by atoms with E-state index in [1.165, 1.54) is 0 Å². The van der Waals surface area contributed by atoms with E-state index < -0.39 is 0 Å². The lowest BCUT2D eigenvalue weighted by atomic mass is 10.1. The normalized spacial score (nSPS) is 10.9. The van der Waals surface area contributed by atoms with Crippen molar-refractivity contribution in [1.82, 2.24) is 20.0 Å². The first-order chi connectivity index (χ1) is 10.6. The van der Waals surface area contributed by atoms with Crippen LogP contribution in [-0.2, 0) is 6.61 Å². The van der Waals surface area contributed by atoms with E-state index in [-0.39, 0.29) is 6.61 Å². The molecule has 1 N–H and O–H groups in total. The highest BCUT2D eigenvalue weighted by atomic mass is 32.1. The van der Waals surface area contributed by atoms with Crippen molar-refractivity contribution < 1.29 is 9.84 Å². The molecule has 0 aliphatic carbocycles. The molecule has 2 heterocycles. The third-order valence-corrected chi connectivity index (χ3v) is 4.48. The van der Waals surface area contributed by atoms with Gasteiger partial charge in [-0.15, -0.1) is 5.10 Å². The number of hydrogen-bond donors (Lipinski definition) is 1. The van der Waals surface area contributed by atoms with Gasteiger partial charge < -0.3 is 9.84 Å². The number of hydrogen-bond acceptors (Lipinski definition) is 6. The Balaban J connectivity index is 2.19. The highest BCUT2D eigenvalue weighted by Gasteiger charge is 2.18. The van der Waals surface area contributed by atoms with Crippen LogP contribution in [0.15, 0.2) is 24.3 Å². The molecule has 0 radical (unpaired) electrons. The molecular formula is C15H16N4O2S. The van der Waals surface area contributed by atoms with Crippen molar-refractivity contribution in [2.75, 3.05) is 7.11 Å². The molecule has 3 rings (SSSR count). The number of thiazole rings is 1. The fourth-order valence-corrected chi connectivity index (χ4v) is 3.02. The highest BCUT2D eigenvalue weighted by molar-refractivity contribution is 7.14. The van der Waals surface area contributed by atoms with Gasteiger partial charge in [0.1, 0.15) is 17.1 Å². The first kappa shape index (κ1) is 14.7. The zero-order valence-corrected chi connectivity index (χ0v) is 13.4. The average Bonchev–Trinajstić information content (AvgIpc) is 3.11. The Bertz CT molecular complexity index is 790. The molecule has 7 heteroatoms. The summed E-state index contributed by atoms with van der Waals surface area (Å²) in [6.45, 7) is 3.80. The van der Waals surface area contributed by atoms with Crippen molar-refractivity contribution in [3.63, 3.8) is 0 Å². The molecule has 114 valence electrons. The van der Waals surface area contributed by atoms with Crippen LogP contribution in [-0.4, -0.2) is 32.2 Å². The van der Waals surface area contributed by atoms with Crippen molar-refractivity contribution in [2.24, 2.45) is 0 Å². The van der Waals surface area contributed by atoms with Crippen LogP contribution in [0.2, 0.25) is 0 Å². The molecule has 2 aromatic heterocycles. The Kier molecular flexibility index (Phi) is 3.91. The van der Waals surface area contributed by atoms with Gasteiger partial charge in [0.2, 0.25) is 5.13 Å². The minimum absolute atomic E-state index is 0.185. The molecule has 3 aromatic rings. The van der Waals surface area contributed by atoms with E-state index in [4.69, 9.17) is 4.74 Å². The fourth-order valence-electron chi connectivity index (χ4n) is 2.16. The standard InChI is InChI=1S/C15H16N4O2S/c1-9-10(2)22-15(16-9)19-14(13(8-20)17-18-19)11-5-4-6-12(7-11)21-3/h4-7,20H,8H2,1-3H3. The summed E-state index contributed by atoms with van der Waals surface area (Å²) in [5.74, 6) is 0.737. The van der Waals surface area contributed by atoms with Gasteiger partial charge in [0.25, 0.3) is 0 Å². The fraction of sp³-hybridized carbons (Fsp3) is 0.267. The smallest absolute Gasteiger partial charge is 0.212 e.